The first-order chi connectivity index (χ1) is 47.4. The Morgan fingerprint density at radius 2 is 0.960 bits per heavy atom. The van der Waals surface area contributed by atoms with Crippen LogP contribution in [0.2, 0.25) is 0 Å². The van der Waals surface area contributed by atoms with Crippen LogP contribution < -0.4 is 87.2 Å². The Kier molecular flexibility index (Phi) is 37.2. The number of hydrogen-bond donors (Lipinski definition) is 21. The van der Waals surface area contributed by atoms with Crippen LogP contribution in [0.3, 0.4) is 0 Å². The van der Waals surface area contributed by atoms with Crippen molar-refractivity contribution in [2.24, 2.45) is 51.4 Å². The molecule has 101 heavy (non-hydrogen) atoms. The normalized spacial score (nSPS) is 14.9. The quantitative estimate of drug-likeness (QED) is 0.0166. The van der Waals surface area contributed by atoms with E-state index >= 15 is 0 Å². The molecule has 26 N–H and O–H groups in total. The number of nitrogens with two attached hydrogens (primary N) is 5. The van der Waals surface area contributed by atoms with Gasteiger partial charge in [-0.05, 0) is 62.3 Å². The highest BCUT2D eigenvalue weighted by Gasteiger charge is 2.38. The fourth-order valence-corrected chi connectivity index (χ4v) is 9.58. The summed E-state index contributed by atoms with van der Waals surface area (Å²) in [5.41, 5.74) is 28.9. The molecule has 0 bridgehead atoms. The lowest BCUT2D eigenvalue weighted by Crippen LogP contribution is -2.62. The van der Waals surface area contributed by atoms with Gasteiger partial charge < -0.3 is 113 Å². The number of carboxylic acids is 3. The van der Waals surface area contributed by atoms with Crippen molar-refractivity contribution < 1.29 is 97.1 Å². The molecule has 0 spiro atoms. The highest BCUT2D eigenvalue weighted by molar-refractivity contribution is 6.01. The molecule has 0 radical (unpaired) electrons. The molecule has 0 aliphatic carbocycles. The molecular weight excluding hydrogens is 1330 g/mol. The molecular formula is C62H97N19O20. The van der Waals surface area contributed by atoms with Gasteiger partial charge in [0.2, 0.25) is 76.8 Å². The Bertz CT molecular complexity index is 3220. The Morgan fingerprint density at radius 3 is 1.46 bits per heavy atom. The minimum absolute atomic E-state index is 0.0103. The first-order valence-corrected chi connectivity index (χ1v) is 32.4. The number of aliphatic carboxylic acids is 3. The number of imidazole rings is 1. The van der Waals surface area contributed by atoms with E-state index in [1.807, 2.05) is 0 Å². The van der Waals surface area contributed by atoms with Crippen LogP contribution >= 0.6 is 0 Å². The first kappa shape index (κ1) is 86.2. The predicted molar refractivity (Wildman–Crippen MR) is 357 cm³/mol. The van der Waals surface area contributed by atoms with Gasteiger partial charge >= 0.3 is 17.9 Å². The lowest BCUT2D eigenvalue weighted by atomic mass is 9.99. The average molecular weight is 1430 g/mol. The molecule has 0 saturated heterocycles. The number of carbonyl (C=O) groups excluding carboxylic acids is 13. The number of primary amides is 2. The van der Waals surface area contributed by atoms with Crippen molar-refractivity contribution in [2.75, 3.05) is 13.2 Å². The largest absolute Gasteiger partial charge is 0.481 e. The van der Waals surface area contributed by atoms with E-state index in [2.05, 4.69) is 73.4 Å². The second-order valence-electron chi connectivity index (χ2n) is 24.7. The molecule has 39 nitrogen and oxygen atoms in total. The number of amides is 13. The molecule has 0 unspecified atom stereocenters. The smallest absolute Gasteiger partial charge is 0.305 e. The Balaban J connectivity index is 2.43. The fourth-order valence-electron chi connectivity index (χ4n) is 9.58. The minimum atomic E-state index is -2.04. The molecule has 13 atom stereocenters. The van der Waals surface area contributed by atoms with E-state index in [4.69, 9.17) is 28.7 Å². The molecule has 1 aromatic heterocycles. The summed E-state index contributed by atoms with van der Waals surface area (Å²) in [5, 5.41) is 64.9. The van der Waals surface area contributed by atoms with Gasteiger partial charge in [-0.2, -0.15) is 0 Å². The van der Waals surface area contributed by atoms with E-state index in [0.717, 1.165) is 6.92 Å². The van der Waals surface area contributed by atoms with Gasteiger partial charge in [0.25, 0.3) is 0 Å². The number of aromatic nitrogens is 2. The van der Waals surface area contributed by atoms with Crippen molar-refractivity contribution in [2.45, 2.75) is 198 Å². The van der Waals surface area contributed by atoms with Gasteiger partial charge in [-0.3, -0.25) is 81.7 Å². The molecule has 13 amide bonds. The summed E-state index contributed by atoms with van der Waals surface area (Å²) < 4.78 is 0. The Labute approximate surface area is 581 Å². The second-order valence-corrected chi connectivity index (χ2v) is 24.7. The van der Waals surface area contributed by atoms with Crippen LogP contribution in [0, 0.1) is 17.8 Å². The standard InChI is InChI=1S/C62H97N19O20/c1-8-31(6)48(64)60(100)80-43(27-82)59(99)74-37(17-19-46(86)87)54(94)81-49(30(4)5)61(101)79-41(24-44(63)83)58(98)76-39(21-29(2)3)56(96)78-42(25-47(88)89)55(95)71-32(7)51(91)72-36(16-18-45(84)85)53(93)77-40(22-33-13-10-9-11-14-33)57(97)73-35(15-12-20-69-62(66)67)52(92)75-38(50(65)90)23-34-26-68-28-70-34/h9-11,13-14,26,28-32,35-43,48-49,82H,8,12,15-25,27,64H2,1-7H3,(H2,63,83)(H2,65,90)(H,68,70)(H,71,95)(H,72,91)(H,73,97)(H,74,99)(H,75,92)(H,76,98)(H,77,93)(H,78,96)(H,79,101)(H,80,100)(H,81,94)(H,84,85)(H,86,87)(H,88,89)(H4,66,67,69)/t31-,32-,35-,36-,37-,38-,39-,40-,41-,42-,43-,48-,49-/m0/s1. The zero-order chi connectivity index (χ0) is 76.4. The maximum atomic E-state index is 14.4. The van der Waals surface area contributed by atoms with E-state index in [9.17, 15) is 97.1 Å². The van der Waals surface area contributed by atoms with Crippen LogP contribution in [0.1, 0.15) is 124 Å². The summed E-state index contributed by atoms with van der Waals surface area (Å²) in [5.74, 6) is -20.8. The number of nitrogens with zero attached hydrogens (tertiary/aromatic N) is 2. The molecule has 39 heteroatoms. The summed E-state index contributed by atoms with van der Waals surface area (Å²) in [6, 6.07) is -11.5. The third kappa shape index (κ3) is 32.1. The summed E-state index contributed by atoms with van der Waals surface area (Å²) in [7, 11) is 0. The molecule has 1 heterocycles. The SMILES string of the molecule is CC[C@H](C)[C@H](N)C(=O)N[C@@H](CO)C(=O)N[C@@H](CCC(=O)O)C(=O)N[C@H](C(=O)N[C@@H](CC(N)=O)C(=O)N[C@@H](CC(C)C)C(=O)N[C@@H](CC(=O)O)C(=O)N[C@@H](C)C(=O)N[C@@H](CCC(=O)O)C(=O)N[C@@H](Cc1ccccc1)C(=O)N[C@@H](CCCN=C(N)N)C(=O)N[C@@H](Cc1cnc[nH]1)C(N)=O)C(C)C. The third-order valence-electron chi connectivity index (χ3n) is 15.5. The molecule has 2 aromatic rings. The number of benzene rings is 1. The fraction of sp³-hybridized carbons (Fsp3) is 0.581. The number of aliphatic imine (C=N–C) groups is 1. The highest BCUT2D eigenvalue weighted by Crippen LogP contribution is 2.14. The van der Waals surface area contributed by atoms with Crippen LogP contribution in [-0.4, -0.2) is 217 Å². The number of carbonyl (C=O) groups is 16. The van der Waals surface area contributed by atoms with Gasteiger partial charge in [-0.25, -0.2) is 4.98 Å². The molecule has 0 saturated carbocycles. The average Bonchev–Trinajstić information content (AvgIpc) is 1.12. The number of guanidine groups is 1. The molecule has 2 rings (SSSR count). The van der Waals surface area contributed by atoms with Gasteiger partial charge in [0.1, 0.15) is 66.5 Å². The number of carboxylic acid groups (broad SMARTS) is 3. The van der Waals surface area contributed by atoms with E-state index in [1.165, 1.54) is 26.4 Å². The molecule has 0 fully saturated rings. The molecule has 1 aromatic carbocycles. The number of hydrogen-bond acceptors (Lipinski definition) is 20. The number of aliphatic hydroxyl groups is 1. The number of nitrogens with one attached hydrogen (secondary N) is 12. The van der Waals surface area contributed by atoms with Crippen LogP contribution in [0.15, 0.2) is 47.8 Å². The van der Waals surface area contributed by atoms with E-state index in [1.54, 1.807) is 58.0 Å². The summed E-state index contributed by atoms with van der Waals surface area (Å²) >= 11 is 0. The summed E-state index contributed by atoms with van der Waals surface area (Å²) in [4.78, 5) is 224. The van der Waals surface area contributed by atoms with Gasteiger partial charge in [0.05, 0.1) is 31.8 Å². The van der Waals surface area contributed by atoms with Gasteiger partial charge in [-0.1, -0.05) is 78.3 Å². The number of H-pyrrole nitrogens is 1. The topological polar surface area (TPSA) is 658 Å². The van der Waals surface area contributed by atoms with E-state index in [-0.39, 0.29) is 50.5 Å². The predicted octanol–water partition coefficient (Wildman–Crippen LogP) is -6.77. The lowest BCUT2D eigenvalue weighted by molar-refractivity contribution is -0.142. The molecule has 0 aliphatic rings. The number of aliphatic hydroxyl groups excluding tert-OH is 1. The lowest BCUT2D eigenvalue weighted by Gasteiger charge is -2.29. The Hall–Kier alpha value is -10.9. The zero-order valence-corrected chi connectivity index (χ0v) is 57.2. The maximum Gasteiger partial charge on any atom is 0.305 e. The van der Waals surface area contributed by atoms with Crippen LogP contribution in [0.5, 0.6) is 0 Å². The third-order valence-corrected chi connectivity index (χ3v) is 15.5. The van der Waals surface area contributed by atoms with Gasteiger partial charge in [-0.15, -0.1) is 0 Å². The Morgan fingerprint density at radius 1 is 0.505 bits per heavy atom. The van der Waals surface area contributed by atoms with Crippen molar-refractivity contribution in [3.8, 4) is 0 Å². The van der Waals surface area contributed by atoms with Crippen molar-refractivity contribution in [1.82, 2.24) is 68.5 Å². The zero-order valence-electron chi connectivity index (χ0n) is 57.2. The first-order valence-electron chi connectivity index (χ1n) is 32.4. The van der Waals surface area contributed by atoms with Crippen LogP contribution in [0.4, 0.5) is 0 Å². The minimum Gasteiger partial charge on any atom is -0.481 e. The van der Waals surface area contributed by atoms with Gasteiger partial charge in [0.15, 0.2) is 5.96 Å². The summed E-state index contributed by atoms with van der Waals surface area (Å²) in [6.07, 6.45) is -2.25. The second kappa shape index (κ2) is 43.5. The summed E-state index contributed by atoms with van der Waals surface area (Å²) in [6.45, 7) is 9.58. The monoisotopic (exact) mass is 1430 g/mol. The van der Waals surface area contributed by atoms with Crippen molar-refractivity contribution in [3.63, 3.8) is 0 Å². The van der Waals surface area contributed by atoms with E-state index in [0.29, 0.717) is 17.7 Å². The van der Waals surface area contributed by atoms with Crippen LogP contribution in [0.25, 0.3) is 0 Å². The van der Waals surface area contributed by atoms with Crippen molar-refractivity contribution >= 4 is 101 Å². The number of rotatable bonds is 47. The van der Waals surface area contributed by atoms with E-state index < -0.39 is 224 Å². The molecule has 560 valence electrons. The molecule has 0 aliphatic heterocycles. The van der Waals surface area contributed by atoms with Gasteiger partial charge in [0, 0.05) is 44.1 Å². The number of aromatic amines is 1. The van der Waals surface area contributed by atoms with Crippen molar-refractivity contribution in [1.29, 1.82) is 0 Å². The highest BCUT2D eigenvalue weighted by atomic mass is 16.4. The van der Waals surface area contributed by atoms with Crippen LogP contribution in [-0.2, 0) is 89.6 Å². The van der Waals surface area contributed by atoms with Crippen molar-refractivity contribution in [3.05, 3.63) is 54.1 Å². The maximum absolute atomic E-state index is 14.4.